The highest BCUT2D eigenvalue weighted by atomic mass is 35.5. The Bertz CT molecular complexity index is 850. The van der Waals surface area contributed by atoms with Gasteiger partial charge in [0.05, 0.1) is 22.9 Å². The van der Waals surface area contributed by atoms with Crippen LogP contribution in [0.1, 0.15) is 17.7 Å². The van der Waals surface area contributed by atoms with E-state index in [4.69, 9.17) is 33.8 Å². The van der Waals surface area contributed by atoms with Gasteiger partial charge in [0.2, 0.25) is 0 Å². The molecule has 0 saturated carbocycles. The summed E-state index contributed by atoms with van der Waals surface area (Å²) < 4.78 is 1.34. The molecule has 0 unspecified atom stereocenters. The molecular weight excluding hydrogens is 373 g/mol. The molecule has 0 radical (unpaired) electrons. The molecule has 0 saturated heterocycles. The van der Waals surface area contributed by atoms with E-state index < -0.39 is 10.9 Å². The summed E-state index contributed by atoms with van der Waals surface area (Å²) in [5.41, 5.74) is 6.31. The molecular formula is C14H13Cl2N5O4. The quantitative estimate of drug-likeness (QED) is 0.267. The standard InChI is InChI=1S/C14H13Cl2N5O4/c1-8-12(21(23)24)7-18-20(8)5-4-13(22)25-19-14(17)10-3-2-9(15)6-11(10)16/h2-3,6-7H,4-5H2,1H3,(H2,17,19). The van der Waals surface area contributed by atoms with Crippen molar-refractivity contribution in [1.29, 1.82) is 0 Å². The van der Waals surface area contributed by atoms with Crippen LogP contribution in [0.3, 0.4) is 0 Å². The zero-order chi connectivity index (χ0) is 18.6. The van der Waals surface area contributed by atoms with E-state index in [0.717, 1.165) is 6.20 Å². The molecule has 2 aromatic rings. The molecule has 1 aromatic heterocycles. The van der Waals surface area contributed by atoms with Gasteiger partial charge in [-0.3, -0.25) is 14.8 Å². The Morgan fingerprint density at radius 2 is 2.20 bits per heavy atom. The van der Waals surface area contributed by atoms with Crippen molar-refractivity contribution in [3.63, 3.8) is 0 Å². The molecule has 2 N–H and O–H groups in total. The van der Waals surface area contributed by atoms with Crippen molar-refractivity contribution in [2.24, 2.45) is 10.9 Å². The second-order valence-electron chi connectivity index (χ2n) is 4.91. The Morgan fingerprint density at radius 1 is 1.48 bits per heavy atom. The third-order valence-corrected chi connectivity index (χ3v) is 3.80. The zero-order valence-electron chi connectivity index (χ0n) is 13.0. The fraction of sp³-hybridized carbons (Fsp3) is 0.214. The lowest BCUT2D eigenvalue weighted by Crippen LogP contribution is -2.16. The number of carbonyl (C=O) groups excluding carboxylic acids is 1. The molecule has 0 fully saturated rings. The van der Waals surface area contributed by atoms with E-state index in [0.29, 0.717) is 16.3 Å². The number of aromatic nitrogens is 2. The number of hydrogen-bond acceptors (Lipinski definition) is 6. The number of hydrogen-bond donors (Lipinski definition) is 1. The van der Waals surface area contributed by atoms with E-state index >= 15 is 0 Å². The van der Waals surface area contributed by atoms with Crippen LogP contribution in [0.25, 0.3) is 0 Å². The van der Waals surface area contributed by atoms with Gasteiger partial charge in [0.1, 0.15) is 11.9 Å². The lowest BCUT2D eigenvalue weighted by Gasteiger charge is -2.04. The van der Waals surface area contributed by atoms with Crippen LogP contribution in [0, 0.1) is 17.0 Å². The highest BCUT2D eigenvalue weighted by molar-refractivity contribution is 6.36. The van der Waals surface area contributed by atoms with Crippen molar-refractivity contribution in [2.75, 3.05) is 0 Å². The highest BCUT2D eigenvalue weighted by Gasteiger charge is 2.17. The molecule has 1 aromatic carbocycles. The maximum Gasteiger partial charge on any atom is 0.336 e. The maximum absolute atomic E-state index is 11.7. The van der Waals surface area contributed by atoms with Crippen molar-refractivity contribution in [2.45, 2.75) is 19.9 Å². The number of aryl methyl sites for hydroxylation is 1. The highest BCUT2D eigenvalue weighted by Crippen LogP contribution is 2.21. The predicted molar refractivity (Wildman–Crippen MR) is 91.5 cm³/mol. The topological polar surface area (TPSA) is 126 Å². The van der Waals surface area contributed by atoms with Gasteiger partial charge in [-0.2, -0.15) is 5.10 Å². The largest absolute Gasteiger partial charge is 0.380 e. The number of halogens is 2. The maximum atomic E-state index is 11.7. The number of carbonyl (C=O) groups is 1. The number of nitrogens with zero attached hydrogens (tertiary/aromatic N) is 4. The lowest BCUT2D eigenvalue weighted by atomic mass is 10.2. The molecule has 0 atom stereocenters. The van der Waals surface area contributed by atoms with Crippen LogP contribution in [-0.4, -0.2) is 26.5 Å². The monoisotopic (exact) mass is 385 g/mol. The van der Waals surface area contributed by atoms with Crippen LogP contribution in [0.2, 0.25) is 10.0 Å². The summed E-state index contributed by atoms with van der Waals surface area (Å²) in [6, 6.07) is 4.60. The summed E-state index contributed by atoms with van der Waals surface area (Å²) in [6.45, 7) is 1.64. The Hall–Kier alpha value is -2.65. The van der Waals surface area contributed by atoms with Gasteiger partial charge in [-0.25, -0.2) is 4.79 Å². The van der Waals surface area contributed by atoms with Gasteiger partial charge in [0.15, 0.2) is 5.84 Å². The molecule has 0 aliphatic rings. The Kier molecular flexibility index (Phi) is 5.94. The Balaban J connectivity index is 1.95. The molecule has 25 heavy (non-hydrogen) atoms. The van der Waals surface area contributed by atoms with Gasteiger partial charge < -0.3 is 10.6 Å². The molecule has 132 valence electrons. The van der Waals surface area contributed by atoms with Crippen molar-refractivity contribution >= 4 is 40.7 Å². The minimum absolute atomic E-state index is 0.0825. The SMILES string of the molecule is Cc1c([N+](=O)[O-])cnn1CCC(=O)O/N=C(\N)c1ccc(Cl)cc1Cl. The van der Waals surface area contributed by atoms with Crippen LogP contribution in [0.5, 0.6) is 0 Å². The van der Waals surface area contributed by atoms with Gasteiger partial charge in [-0.05, 0) is 25.1 Å². The molecule has 2 rings (SSSR count). The molecule has 0 bridgehead atoms. The minimum atomic E-state index is -0.675. The zero-order valence-corrected chi connectivity index (χ0v) is 14.5. The number of rotatable bonds is 6. The first-order chi connectivity index (χ1) is 11.8. The second kappa shape index (κ2) is 7.95. The summed E-state index contributed by atoms with van der Waals surface area (Å²) >= 11 is 11.8. The number of nitrogens with two attached hydrogens (primary N) is 1. The minimum Gasteiger partial charge on any atom is -0.380 e. The van der Waals surface area contributed by atoms with Gasteiger partial charge in [0.25, 0.3) is 0 Å². The van der Waals surface area contributed by atoms with E-state index in [2.05, 4.69) is 10.3 Å². The first kappa shape index (κ1) is 18.7. The van der Waals surface area contributed by atoms with E-state index in [-0.39, 0.29) is 29.5 Å². The molecule has 0 aliphatic carbocycles. The Morgan fingerprint density at radius 3 is 2.80 bits per heavy atom. The number of benzene rings is 1. The molecule has 11 heteroatoms. The molecule has 0 spiro atoms. The number of nitro groups is 1. The number of oxime groups is 1. The van der Waals surface area contributed by atoms with Gasteiger partial charge >= 0.3 is 11.7 Å². The summed E-state index contributed by atoms with van der Waals surface area (Å²) in [5, 5.41) is 18.8. The average molecular weight is 386 g/mol. The third-order valence-electron chi connectivity index (χ3n) is 3.25. The summed E-state index contributed by atoms with van der Waals surface area (Å²) in [7, 11) is 0. The second-order valence-corrected chi connectivity index (χ2v) is 5.75. The molecule has 9 nitrogen and oxygen atoms in total. The smallest absolute Gasteiger partial charge is 0.336 e. The first-order valence-electron chi connectivity index (χ1n) is 6.95. The average Bonchev–Trinajstić information content (AvgIpc) is 2.91. The van der Waals surface area contributed by atoms with Gasteiger partial charge in [0, 0.05) is 10.6 Å². The van der Waals surface area contributed by atoms with Crippen molar-refractivity contribution < 1.29 is 14.6 Å². The fourth-order valence-corrected chi connectivity index (χ4v) is 2.44. The van der Waals surface area contributed by atoms with E-state index in [1.807, 2.05) is 0 Å². The summed E-state index contributed by atoms with van der Waals surface area (Å²) in [5.74, 6) is -0.758. The van der Waals surface area contributed by atoms with E-state index in [1.54, 1.807) is 12.1 Å². The lowest BCUT2D eigenvalue weighted by molar-refractivity contribution is -0.385. The van der Waals surface area contributed by atoms with Gasteiger partial charge in [-0.1, -0.05) is 28.4 Å². The number of amidine groups is 1. The van der Waals surface area contributed by atoms with Crippen molar-refractivity contribution in [1.82, 2.24) is 9.78 Å². The normalized spacial score (nSPS) is 11.4. The molecule has 0 amide bonds. The van der Waals surface area contributed by atoms with E-state index in [9.17, 15) is 14.9 Å². The van der Waals surface area contributed by atoms with Crippen LogP contribution in [0.15, 0.2) is 29.6 Å². The van der Waals surface area contributed by atoms with Crippen molar-refractivity contribution in [3.05, 3.63) is 55.8 Å². The fourth-order valence-electron chi connectivity index (χ4n) is 1.93. The predicted octanol–water partition coefficient (Wildman–Crippen LogP) is 2.66. The summed E-state index contributed by atoms with van der Waals surface area (Å²) in [6.07, 6.45) is 1.03. The Labute approximate surface area is 152 Å². The van der Waals surface area contributed by atoms with Gasteiger partial charge in [-0.15, -0.1) is 0 Å². The van der Waals surface area contributed by atoms with Crippen LogP contribution in [0.4, 0.5) is 5.69 Å². The third kappa shape index (κ3) is 4.68. The van der Waals surface area contributed by atoms with Crippen LogP contribution < -0.4 is 5.73 Å². The molecule has 0 aliphatic heterocycles. The van der Waals surface area contributed by atoms with Crippen LogP contribution >= 0.6 is 23.2 Å². The summed E-state index contributed by atoms with van der Waals surface area (Å²) in [4.78, 5) is 26.6. The van der Waals surface area contributed by atoms with E-state index in [1.165, 1.54) is 17.7 Å². The van der Waals surface area contributed by atoms with Crippen molar-refractivity contribution in [3.8, 4) is 0 Å². The first-order valence-corrected chi connectivity index (χ1v) is 7.70. The molecule has 1 heterocycles. The van der Waals surface area contributed by atoms with Crippen LogP contribution in [-0.2, 0) is 16.2 Å².